The Morgan fingerprint density at radius 2 is 1.53 bits per heavy atom. The van der Waals surface area contributed by atoms with E-state index in [-0.39, 0.29) is 25.0 Å². The first kappa shape index (κ1) is 26.9. The maximum Gasteiger partial charge on any atom is 0.325 e. The number of carbonyl (C=O) groups excluding carboxylic acids is 4. The molecule has 4 atom stereocenters. The van der Waals surface area contributed by atoms with Crippen molar-refractivity contribution >= 4 is 42.2 Å². The normalized spacial score (nSPS) is 14.3. The summed E-state index contributed by atoms with van der Waals surface area (Å²) in [5, 5.41) is 16.1. The molecule has 176 valence electrons. The molecule has 0 saturated carbocycles. The number of aliphatic carboxylic acids is 1. The average Bonchev–Trinajstić information content (AvgIpc) is 2.74. The Bertz CT molecular complexity index is 822. The average molecular weight is 468 g/mol. The molecule has 12 heteroatoms. The van der Waals surface area contributed by atoms with Gasteiger partial charge < -0.3 is 32.5 Å². The van der Waals surface area contributed by atoms with Gasteiger partial charge in [-0.25, -0.2) is 0 Å². The lowest BCUT2D eigenvalue weighted by molar-refractivity contribution is -0.142. The molecule has 0 heterocycles. The zero-order valence-electron chi connectivity index (χ0n) is 17.6. The molecule has 32 heavy (non-hydrogen) atoms. The van der Waals surface area contributed by atoms with Gasteiger partial charge >= 0.3 is 5.97 Å². The van der Waals surface area contributed by atoms with E-state index in [1.165, 1.54) is 6.92 Å². The van der Waals surface area contributed by atoms with Crippen molar-refractivity contribution in [2.45, 2.75) is 50.4 Å². The molecule has 0 radical (unpaired) electrons. The minimum absolute atomic E-state index is 0.0919. The van der Waals surface area contributed by atoms with Crippen LogP contribution in [0.3, 0.4) is 0 Å². The summed E-state index contributed by atoms with van der Waals surface area (Å²) in [7, 11) is 0. The van der Waals surface area contributed by atoms with Gasteiger partial charge in [0.05, 0.1) is 6.04 Å². The van der Waals surface area contributed by atoms with Crippen molar-refractivity contribution in [2.75, 3.05) is 5.75 Å². The van der Waals surface area contributed by atoms with Crippen LogP contribution in [-0.2, 0) is 30.4 Å². The quantitative estimate of drug-likeness (QED) is 0.168. The highest BCUT2D eigenvalue weighted by molar-refractivity contribution is 7.80. The van der Waals surface area contributed by atoms with Gasteiger partial charge in [0.25, 0.3) is 0 Å². The van der Waals surface area contributed by atoms with Gasteiger partial charge in [-0.05, 0) is 25.3 Å². The highest BCUT2D eigenvalue weighted by atomic mass is 32.1. The second kappa shape index (κ2) is 13.3. The zero-order valence-corrected chi connectivity index (χ0v) is 18.5. The number of nitrogens with one attached hydrogen (secondary N) is 3. The Morgan fingerprint density at radius 1 is 0.969 bits per heavy atom. The Labute approximate surface area is 191 Å². The number of rotatable bonds is 13. The van der Waals surface area contributed by atoms with E-state index >= 15 is 0 Å². The van der Waals surface area contributed by atoms with Crippen LogP contribution in [0.2, 0.25) is 0 Å². The molecule has 11 nitrogen and oxygen atoms in total. The molecule has 0 aromatic heterocycles. The summed E-state index contributed by atoms with van der Waals surface area (Å²) in [5.74, 6) is -4.20. The van der Waals surface area contributed by atoms with Gasteiger partial charge in [-0.3, -0.25) is 24.0 Å². The lowest BCUT2D eigenvalue weighted by atomic mass is 10.1. The number of benzene rings is 1. The molecule has 0 bridgehead atoms. The first-order chi connectivity index (χ1) is 15.0. The van der Waals surface area contributed by atoms with Gasteiger partial charge in [-0.2, -0.15) is 12.6 Å². The van der Waals surface area contributed by atoms with Crippen LogP contribution >= 0.6 is 12.6 Å². The summed E-state index contributed by atoms with van der Waals surface area (Å²) in [4.78, 5) is 59.5. The van der Waals surface area contributed by atoms with Crippen molar-refractivity contribution in [3.05, 3.63) is 35.9 Å². The fourth-order valence-corrected chi connectivity index (χ4v) is 2.89. The molecule has 0 aliphatic rings. The third kappa shape index (κ3) is 9.35. The van der Waals surface area contributed by atoms with Crippen molar-refractivity contribution < 1.29 is 29.1 Å². The maximum absolute atomic E-state index is 12.6. The van der Waals surface area contributed by atoms with Gasteiger partial charge in [-0.15, -0.1) is 0 Å². The third-order valence-electron chi connectivity index (χ3n) is 4.49. The highest BCUT2D eigenvalue weighted by Gasteiger charge is 2.29. The zero-order chi connectivity index (χ0) is 24.3. The van der Waals surface area contributed by atoms with Gasteiger partial charge in [0, 0.05) is 12.2 Å². The molecule has 1 rings (SSSR count). The molecular formula is C20H29N5O6S. The molecule has 4 amide bonds. The molecule has 1 aromatic carbocycles. The molecule has 1 aromatic rings. The number of carboxylic acids is 1. The number of amides is 4. The van der Waals surface area contributed by atoms with Crippen LogP contribution in [0.15, 0.2) is 30.3 Å². The van der Waals surface area contributed by atoms with Crippen LogP contribution in [0.25, 0.3) is 0 Å². The maximum atomic E-state index is 12.6. The number of primary amides is 1. The van der Waals surface area contributed by atoms with Gasteiger partial charge in [0.2, 0.25) is 23.6 Å². The molecule has 0 spiro atoms. The number of carboxylic acid groups (broad SMARTS) is 1. The summed E-state index contributed by atoms with van der Waals surface area (Å²) < 4.78 is 0. The monoisotopic (exact) mass is 467 g/mol. The van der Waals surface area contributed by atoms with E-state index in [0.29, 0.717) is 0 Å². The number of hydrogen-bond acceptors (Lipinski definition) is 7. The number of thiol groups is 1. The van der Waals surface area contributed by atoms with Gasteiger partial charge in [-0.1, -0.05) is 30.3 Å². The van der Waals surface area contributed by atoms with Crippen molar-refractivity contribution in [3.8, 4) is 0 Å². The van der Waals surface area contributed by atoms with Crippen molar-refractivity contribution in [1.29, 1.82) is 0 Å². The lowest BCUT2D eigenvalue weighted by Crippen LogP contribution is -2.57. The van der Waals surface area contributed by atoms with Crippen LogP contribution in [0.5, 0.6) is 0 Å². The number of hydrogen-bond donors (Lipinski definition) is 7. The molecule has 0 aliphatic carbocycles. The Kier molecular flexibility index (Phi) is 11.2. The molecule has 0 fully saturated rings. The van der Waals surface area contributed by atoms with E-state index < -0.39 is 53.8 Å². The predicted molar refractivity (Wildman–Crippen MR) is 120 cm³/mol. The SMILES string of the molecule is CC(NC(=O)C(CCC(N)=O)NC(=O)C(CS)NC(=O)C(N)Cc1ccccc1)C(=O)O. The lowest BCUT2D eigenvalue weighted by Gasteiger charge is -2.23. The summed E-state index contributed by atoms with van der Waals surface area (Å²) in [6.45, 7) is 1.25. The first-order valence-corrected chi connectivity index (χ1v) is 10.5. The number of carbonyl (C=O) groups is 5. The third-order valence-corrected chi connectivity index (χ3v) is 4.86. The van der Waals surface area contributed by atoms with E-state index in [2.05, 4.69) is 28.6 Å². The van der Waals surface area contributed by atoms with E-state index in [0.717, 1.165) is 5.56 Å². The highest BCUT2D eigenvalue weighted by Crippen LogP contribution is 2.04. The Morgan fingerprint density at radius 3 is 2.06 bits per heavy atom. The van der Waals surface area contributed by atoms with Gasteiger partial charge in [0.15, 0.2) is 0 Å². The van der Waals surface area contributed by atoms with Gasteiger partial charge in [0.1, 0.15) is 18.1 Å². The smallest absolute Gasteiger partial charge is 0.325 e. The van der Waals surface area contributed by atoms with E-state index in [1.54, 1.807) is 0 Å². The molecule has 0 saturated heterocycles. The standard InChI is InChI=1S/C20H29N5O6S/c1-11(20(30)31)23-18(28)14(7-8-16(22)26)24-19(29)15(10-32)25-17(27)13(21)9-12-5-3-2-4-6-12/h2-6,11,13-15,32H,7-10,21H2,1H3,(H2,22,26)(H,23,28)(H,24,29)(H,25,27)(H,30,31). The molecule has 0 aliphatic heterocycles. The van der Waals surface area contributed by atoms with Crippen molar-refractivity contribution in [3.63, 3.8) is 0 Å². The van der Waals surface area contributed by atoms with E-state index in [1.807, 2.05) is 30.3 Å². The second-order valence-corrected chi connectivity index (χ2v) is 7.54. The van der Waals surface area contributed by atoms with Crippen LogP contribution in [-0.4, -0.2) is 64.6 Å². The topological polar surface area (TPSA) is 194 Å². The minimum Gasteiger partial charge on any atom is -0.480 e. The van der Waals surface area contributed by atoms with Crippen molar-refractivity contribution in [1.82, 2.24) is 16.0 Å². The largest absolute Gasteiger partial charge is 0.480 e. The van der Waals surface area contributed by atoms with E-state index in [4.69, 9.17) is 16.6 Å². The first-order valence-electron chi connectivity index (χ1n) is 9.87. The fourth-order valence-electron chi connectivity index (χ4n) is 2.64. The fraction of sp³-hybridized carbons (Fsp3) is 0.450. The van der Waals surface area contributed by atoms with Crippen molar-refractivity contribution in [2.24, 2.45) is 11.5 Å². The Balaban J connectivity index is 2.79. The summed E-state index contributed by atoms with van der Waals surface area (Å²) >= 11 is 4.07. The summed E-state index contributed by atoms with van der Waals surface area (Å²) in [6, 6.07) is 4.59. The summed E-state index contributed by atoms with van der Waals surface area (Å²) in [5.41, 5.74) is 11.9. The summed E-state index contributed by atoms with van der Waals surface area (Å²) in [6.07, 6.45) is -0.121. The van der Waals surface area contributed by atoms with Crippen LogP contribution < -0.4 is 27.4 Å². The predicted octanol–water partition coefficient (Wildman–Crippen LogP) is -1.69. The molecule has 4 unspecified atom stereocenters. The van der Waals surface area contributed by atoms with Crippen LogP contribution in [0.4, 0.5) is 0 Å². The minimum atomic E-state index is -1.27. The second-order valence-electron chi connectivity index (χ2n) is 7.17. The number of nitrogens with two attached hydrogens (primary N) is 2. The molecular weight excluding hydrogens is 438 g/mol. The van der Waals surface area contributed by atoms with E-state index in [9.17, 15) is 24.0 Å². The van der Waals surface area contributed by atoms with Crippen LogP contribution in [0, 0.1) is 0 Å². The Hall–Kier alpha value is -3.12. The molecule has 8 N–H and O–H groups in total. The van der Waals surface area contributed by atoms with Crippen LogP contribution in [0.1, 0.15) is 25.3 Å².